The van der Waals surface area contributed by atoms with Crippen LogP contribution in [0.2, 0.25) is 5.02 Å². The summed E-state index contributed by atoms with van der Waals surface area (Å²) in [6.07, 6.45) is 2.03. The van der Waals surface area contributed by atoms with Gasteiger partial charge in [-0.1, -0.05) is 24.9 Å². The Hall–Kier alpha value is -1.22. The number of hydrogen-bond donors (Lipinski definition) is 1. The molecule has 0 spiro atoms. The lowest BCUT2D eigenvalue weighted by atomic mass is 10.2. The van der Waals surface area contributed by atoms with Gasteiger partial charge in [0.25, 0.3) is 5.91 Å². The number of benzene rings is 1. The zero-order valence-electron chi connectivity index (χ0n) is 10.2. The highest BCUT2D eigenvalue weighted by atomic mass is 35.5. The Labute approximate surface area is 107 Å². The second kappa shape index (κ2) is 7.17. The monoisotopic (exact) mass is 255 g/mol. The van der Waals surface area contributed by atoms with Crippen LogP contribution >= 0.6 is 11.6 Å². The molecule has 0 aliphatic carbocycles. The van der Waals surface area contributed by atoms with Crippen LogP contribution in [0.5, 0.6) is 5.75 Å². The van der Waals surface area contributed by atoms with Crippen molar-refractivity contribution >= 4 is 17.5 Å². The minimum atomic E-state index is -0.0964. The number of nitrogens with one attached hydrogen (secondary N) is 1. The molecular formula is C13H18ClNO2. The third-order valence-corrected chi connectivity index (χ3v) is 2.56. The van der Waals surface area contributed by atoms with Gasteiger partial charge in [0, 0.05) is 11.1 Å². The molecule has 0 saturated heterocycles. The molecule has 1 unspecified atom stereocenters. The lowest BCUT2D eigenvalue weighted by Gasteiger charge is -2.13. The zero-order chi connectivity index (χ0) is 12.7. The molecule has 3 nitrogen and oxygen atoms in total. The van der Waals surface area contributed by atoms with E-state index in [4.69, 9.17) is 16.3 Å². The maximum atomic E-state index is 11.5. The van der Waals surface area contributed by atoms with E-state index >= 15 is 0 Å². The van der Waals surface area contributed by atoms with Crippen molar-refractivity contribution < 1.29 is 9.53 Å². The molecule has 0 radical (unpaired) electrons. The summed E-state index contributed by atoms with van der Waals surface area (Å²) in [4.78, 5) is 11.5. The predicted molar refractivity (Wildman–Crippen MR) is 69.5 cm³/mol. The molecule has 0 aliphatic heterocycles. The van der Waals surface area contributed by atoms with Gasteiger partial charge in [-0.25, -0.2) is 0 Å². The number of halogens is 1. The number of rotatable bonds is 6. The molecular weight excluding hydrogens is 238 g/mol. The maximum Gasteiger partial charge on any atom is 0.258 e. The summed E-state index contributed by atoms with van der Waals surface area (Å²) in [7, 11) is 0. The van der Waals surface area contributed by atoms with E-state index in [1.54, 1.807) is 24.3 Å². The smallest absolute Gasteiger partial charge is 0.258 e. The minimum Gasteiger partial charge on any atom is -0.484 e. The summed E-state index contributed by atoms with van der Waals surface area (Å²) in [6.45, 7) is 4.12. The molecule has 1 atom stereocenters. The highest BCUT2D eigenvalue weighted by Gasteiger charge is 2.06. The number of amides is 1. The van der Waals surface area contributed by atoms with Gasteiger partial charge >= 0.3 is 0 Å². The summed E-state index contributed by atoms with van der Waals surface area (Å²) >= 11 is 5.74. The molecule has 0 heterocycles. The van der Waals surface area contributed by atoms with Crippen molar-refractivity contribution in [3.63, 3.8) is 0 Å². The third-order valence-electron chi connectivity index (χ3n) is 2.31. The second-order valence-corrected chi connectivity index (χ2v) is 4.44. The number of hydrogen-bond acceptors (Lipinski definition) is 2. The van der Waals surface area contributed by atoms with Crippen molar-refractivity contribution in [3.05, 3.63) is 29.3 Å². The van der Waals surface area contributed by atoms with Gasteiger partial charge in [0.05, 0.1) is 0 Å². The van der Waals surface area contributed by atoms with Crippen molar-refractivity contribution in [1.29, 1.82) is 0 Å². The highest BCUT2D eigenvalue weighted by Crippen LogP contribution is 2.15. The van der Waals surface area contributed by atoms with Gasteiger partial charge in [0.2, 0.25) is 0 Å². The molecule has 0 aromatic heterocycles. The maximum absolute atomic E-state index is 11.5. The van der Waals surface area contributed by atoms with Gasteiger partial charge in [-0.15, -0.1) is 0 Å². The van der Waals surface area contributed by atoms with Crippen LogP contribution in [-0.2, 0) is 4.79 Å². The number of carbonyl (C=O) groups is 1. The Morgan fingerprint density at radius 1 is 1.41 bits per heavy atom. The van der Waals surface area contributed by atoms with Crippen LogP contribution in [0.3, 0.4) is 0 Å². The van der Waals surface area contributed by atoms with E-state index in [2.05, 4.69) is 12.2 Å². The average molecular weight is 256 g/mol. The van der Waals surface area contributed by atoms with E-state index in [1.165, 1.54) is 0 Å². The zero-order valence-corrected chi connectivity index (χ0v) is 11.0. The van der Waals surface area contributed by atoms with Gasteiger partial charge in [-0.3, -0.25) is 4.79 Å². The molecule has 1 N–H and O–H groups in total. The molecule has 1 aromatic rings. The molecule has 0 fully saturated rings. The van der Waals surface area contributed by atoms with Crippen LogP contribution in [0.4, 0.5) is 0 Å². The molecule has 94 valence electrons. The van der Waals surface area contributed by atoms with E-state index in [9.17, 15) is 4.79 Å². The van der Waals surface area contributed by atoms with Crippen LogP contribution in [0, 0.1) is 0 Å². The third kappa shape index (κ3) is 5.59. The normalized spacial score (nSPS) is 11.9. The molecule has 4 heteroatoms. The molecule has 0 bridgehead atoms. The van der Waals surface area contributed by atoms with Crippen LogP contribution in [0.15, 0.2) is 24.3 Å². The second-order valence-electron chi connectivity index (χ2n) is 4.00. The fourth-order valence-electron chi connectivity index (χ4n) is 1.50. The average Bonchev–Trinajstić information content (AvgIpc) is 2.28. The highest BCUT2D eigenvalue weighted by molar-refractivity contribution is 6.30. The molecule has 1 aromatic carbocycles. The largest absolute Gasteiger partial charge is 0.484 e. The number of carbonyl (C=O) groups excluding carboxylic acids is 1. The molecule has 0 aliphatic rings. The van der Waals surface area contributed by atoms with Gasteiger partial charge in [0.1, 0.15) is 5.75 Å². The minimum absolute atomic E-state index is 0.0374. The van der Waals surface area contributed by atoms with Crippen molar-refractivity contribution in [3.8, 4) is 5.75 Å². The van der Waals surface area contributed by atoms with Crippen molar-refractivity contribution in [2.45, 2.75) is 32.7 Å². The lowest BCUT2D eigenvalue weighted by molar-refractivity contribution is -0.123. The van der Waals surface area contributed by atoms with Gasteiger partial charge in [-0.05, 0) is 37.6 Å². The SMILES string of the molecule is CCCC(C)NC(=O)COc1ccc(Cl)cc1. The van der Waals surface area contributed by atoms with E-state index in [0.717, 1.165) is 12.8 Å². The summed E-state index contributed by atoms with van der Waals surface area (Å²) in [5.74, 6) is 0.550. The van der Waals surface area contributed by atoms with Crippen LogP contribution in [0.1, 0.15) is 26.7 Å². The Morgan fingerprint density at radius 2 is 2.06 bits per heavy atom. The van der Waals surface area contributed by atoms with Gasteiger partial charge < -0.3 is 10.1 Å². The number of ether oxygens (including phenoxy) is 1. The van der Waals surface area contributed by atoms with Crippen molar-refractivity contribution in [1.82, 2.24) is 5.32 Å². The molecule has 17 heavy (non-hydrogen) atoms. The summed E-state index contributed by atoms with van der Waals surface area (Å²) < 4.78 is 5.33. The summed E-state index contributed by atoms with van der Waals surface area (Å²) in [6, 6.07) is 7.14. The fourth-order valence-corrected chi connectivity index (χ4v) is 1.63. The molecule has 1 amide bonds. The van der Waals surface area contributed by atoms with Crippen molar-refractivity contribution in [2.75, 3.05) is 6.61 Å². The summed E-state index contributed by atoms with van der Waals surface area (Å²) in [5, 5.41) is 3.52. The van der Waals surface area contributed by atoms with E-state index in [-0.39, 0.29) is 18.6 Å². The first kappa shape index (κ1) is 13.8. The first-order valence-corrected chi connectivity index (χ1v) is 6.17. The van der Waals surface area contributed by atoms with E-state index in [0.29, 0.717) is 10.8 Å². The quantitative estimate of drug-likeness (QED) is 0.849. The van der Waals surface area contributed by atoms with Gasteiger partial charge in [-0.2, -0.15) is 0 Å². The first-order valence-electron chi connectivity index (χ1n) is 5.79. The Balaban J connectivity index is 2.30. The molecule has 0 saturated carbocycles. The molecule has 1 rings (SSSR count). The standard InChI is InChI=1S/C13H18ClNO2/c1-3-4-10(2)15-13(16)9-17-12-7-5-11(14)6-8-12/h5-8,10H,3-4,9H2,1-2H3,(H,15,16). The predicted octanol–water partition coefficient (Wildman–Crippen LogP) is 3.02. The Kier molecular flexibility index (Phi) is 5.84. The first-order chi connectivity index (χ1) is 8.11. The van der Waals surface area contributed by atoms with E-state index in [1.807, 2.05) is 6.92 Å². The van der Waals surface area contributed by atoms with Crippen LogP contribution in [0.25, 0.3) is 0 Å². The van der Waals surface area contributed by atoms with Crippen molar-refractivity contribution in [2.24, 2.45) is 0 Å². The fraction of sp³-hybridized carbons (Fsp3) is 0.462. The Morgan fingerprint density at radius 3 is 2.65 bits per heavy atom. The van der Waals surface area contributed by atoms with Crippen LogP contribution in [-0.4, -0.2) is 18.6 Å². The topological polar surface area (TPSA) is 38.3 Å². The summed E-state index contributed by atoms with van der Waals surface area (Å²) in [5.41, 5.74) is 0. The van der Waals surface area contributed by atoms with E-state index < -0.39 is 0 Å². The van der Waals surface area contributed by atoms with Gasteiger partial charge in [0.15, 0.2) is 6.61 Å². The lowest BCUT2D eigenvalue weighted by Crippen LogP contribution is -2.35. The van der Waals surface area contributed by atoms with Crippen LogP contribution < -0.4 is 10.1 Å². The Bertz CT molecular complexity index is 351.